The predicted molar refractivity (Wildman–Crippen MR) is 109 cm³/mol. The highest BCUT2D eigenvalue weighted by atomic mass is 16.4. The summed E-state index contributed by atoms with van der Waals surface area (Å²) >= 11 is 0. The Morgan fingerprint density at radius 1 is 1.16 bits per heavy atom. The quantitative estimate of drug-likeness (QED) is 0.257. The number of H-pyrrole nitrogens is 1. The maximum atomic E-state index is 12.5. The summed E-state index contributed by atoms with van der Waals surface area (Å²) in [5.41, 5.74) is 3.81. The van der Waals surface area contributed by atoms with Crippen LogP contribution in [0.5, 0.6) is 0 Å². The number of hydrogen-bond donors (Lipinski definition) is 5. The van der Waals surface area contributed by atoms with Crippen LogP contribution in [0.1, 0.15) is 26.5 Å². The number of hydrogen-bond acceptors (Lipinski definition) is 8. The number of aromatic carboxylic acids is 1. The number of amides is 1. The van der Waals surface area contributed by atoms with Crippen LogP contribution < -0.4 is 32.9 Å². The fourth-order valence-corrected chi connectivity index (χ4v) is 3.01. The molecule has 31 heavy (non-hydrogen) atoms. The average Bonchev–Trinajstić information content (AvgIpc) is 3.15. The molecule has 2 aromatic carbocycles. The number of fused-ring (bicyclic) bond motifs is 1. The van der Waals surface area contributed by atoms with Gasteiger partial charge in [-0.05, 0) is 17.7 Å². The molecule has 4 aromatic rings. The largest absolute Gasteiger partial charge is 0.477 e. The van der Waals surface area contributed by atoms with Crippen molar-refractivity contribution >= 4 is 34.6 Å². The van der Waals surface area contributed by atoms with E-state index < -0.39 is 34.1 Å². The molecule has 0 spiro atoms. The van der Waals surface area contributed by atoms with Crippen LogP contribution in [0, 0.1) is 0 Å². The van der Waals surface area contributed by atoms with E-state index >= 15 is 0 Å². The number of carboxylic acid groups (broad SMARTS) is 1. The van der Waals surface area contributed by atoms with E-state index in [-0.39, 0.29) is 29.3 Å². The first kappa shape index (κ1) is 19.6. The molecule has 4 rings (SSSR count). The van der Waals surface area contributed by atoms with Gasteiger partial charge in [0.05, 0.1) is 0 Å². The van der Waals surface area contributed by atoms with E-state index in [9.17, 15) is 29.1 Å². The van der Waals surface area contributed by atoms with Crippen molar-refractivity contribution in [2.24, 2.45) is 0 Å². The Morgan fingerprint density at radius 3 is 2.65 bits per heavy atom. The number of carboxylic acids is 1. The molecule has 6 N–H and O–H groups in total. The molecule has 0 aliphatic rings. The van der Waals surface area contributed by atoms with Gasteiger partial charge in [-0.2, -0.15) is 0 Å². The zero-order valence-electron chi connectivity index (χ0n) is 15.6. The summed E-state index contributed by atoms with van der Waals surface area (Å²) in [4.78, 5) is 64.7. The highest BCUT2D eigenvalue weighted by Crippen LogP contribution is 2.19. The lowest BCUT2D eigenvalue weighted by molar-refractivity contribution is 0.0688. The maximum Gasteiger partial charge on any atom is 0.353 e. The first-order chi connectivity index (χ1) is 14.8. The number of imidazole rings is 1. The van der Waals surface area contributed by atoms with Crippen molar-refractivity contribution in [2.45, 2.75) is 6.54 Å². The Kier molecular flexibility index (Phi) is 4.58. The Labute approximate surface area is 171 Å². The lowest BCUT2D eigenvalue weighted by Crippen LogP contribution is -2.36. The molecule has 0 saturated carbocycles. The van der Waals surface area contributed by atoms with Crippen LogP contribution in [0.4, 0.5) is 17.1 Å². The molecule has 1 amide bonds. The molecule has 2 heterocycles. The van der Waals surface area contributed by atoms with E-state index in [1.165, 1.54) is 6.20 Å². The minimum absolute atomic E-state index is 0.00757. The van der Waals surface area contributed by atoms with Crippen LogP contribution in [0.15, 0.2) is 50.9 Å². The highest BCUT2D eigenvalue weighted by molar-refractivity contribution is 5.96. The number of nitrogen functional groups attached to an aromatic ring is 1. The second-order valence-corrected chi connectivity index (χ2v) is 6.57. The van der Waals surface area contributed by atoms with E-state index in [2.05, 4.69) is 20.6 Å². The first-order valence-electron chi connectivity index (χ1n) is 8.83. The molecule has 0 atom stereocenters. The molecule has 0 radical (unpaired) electrons. The van der Waals surface area contributed by atoms with Crippen molar-refractivity contribution in [3.05, 3.63) is 84.4 Å². The van der Waals surface area contributed by atoms with E-state index in [0.717, 1.165) is 10.5 Å². The van der Waals surface area contributed by atoms with Crippen LogP contribution in [0.3, 0.4) is 0 Å². The van der Waals surface area contributed by atoms with Gasteiger partial charge >= 0.3 is 11.7 Å². The van der Waals surface area contributed by atoms with Gasteiger partial charge in [0.15, 0.2) is 5.65 Å². The summed E-state index contributed by atoms with van der Waals surface area (Å²) in [6.07, 6.45) is 1.20. The van der Waals surface area contributed by atoms with Crippen LogP contribution >= 0.6 is 0 Å². The first-order valence-corrected chi connectivity index (χ1v) is 8.83. The number of carbonyl (C=O) groups excluding carboxylic acids is 1. The summed E-state index contributed by atoms with van der Waals surface area (Å²) in [5, 5.41) is 14.7. The molecule has 0 aliphatic heterocycles. The number of nitrogens with two attached hydrogens (primary N) is 1. The molecule has 156 valence electrons. The number of nitrogens with one attached hydrogen (secondary N) is 3. The molecule has 12 nitrogen and oxygen atoms in total. The van der Waals surface area contributed by atoms with Crippen LogP contribution in [0.2, 0.25) is 0 Å². The third-order valence-corrected chi connectivity index (χ3v) is 4.55. The third-order valence-electron chi connectivity index (χ3n) is 4.55. The second kappa shape index (κ2) is 7.26. The Morgan fingerprint density at radius 2 is 1.94 bits per heavy atom. The molecule has 0 fully saturated rings. The number of aromatic nitrogens is 3. The fourth-order valence-electron chi connectivity index (χ4n) is 3.01. The van der Waals surface area contributed by atoms with Gasteiger partial charge in [-0.3, -0.25) is 14.4 Å². The molecule has 2 aromatic heterocycles. The molecular weight excluding hydrogens is 408 g/mol. The van der Waals surface area contributed by atoms with E-state index in [1.54, 1.807) is 24.3 Å². The Bertz CT molecular complexity index is 1490. The topological polar surface area (TPSA) is 189 Å². The average molecular weight is 422 g/mol. The zero-order chi connectivity index (χ0) is 22.3. The van der Waals surface area contributed by atoms with Gasteiger partial charge in [0, 0.05) is 24.5 Å². The monoisotopic (exact) mass is 422 g/mol. The number of nitrogens with zero attached hydrogens (tertiary/aromatic N) is 2. The lowest BCUT2D eigenvalue weighted by atomic mass is 10.1. The van der Waals surface area contributed by atoms with Gasteiger partial charge in [-0.15, -0.1) is 0 Å². The molecule has 0 aliphatic carbocycles. The Hall–Kier alpha value is -4.74. The summed E-state index contributed by atoms with van der Waals surface area (Å²) in [6, 6.07) is 7.68. The summed E-state index contributed by atoms with van der Waals surface area (Å²) in [5.74, 6) is -2.04. The van der Waals surface area contributed by atoms with Gasteiger partial charge in [-0.25, -0.2) is 19.0 Å². The van der Waals surface area contributed by atoms with Crippen molar-refractivity contribution in [3.8, 4) is 0 Å². The van der Waals surface area contributed by atoms with Crippen LogP contribution in [-0.4, -0.2) is 31.4 Å². The third kappa shape index (κ3) is 3.42. The van der Waals surface area contributed by atoms with Gasteiger partial charge in [0.1, 0.15) is 22.8 Å². The molecule has 0 bridgehead atoms. The zero-order valence-corrected chi connectivity index (χ0v) is 15.6. The van der Waals surface area contributed by atoms with Crippen LogP contribution in [-0.2, 0) is 6.54 Å². The van der Waals surface area contributed by atoms with Crippen molar-refractivity contribution in [1.82, 2.24) is 19.7 Å². The molecule has 0 unspecified atom stereocenters. The van der Waals surface area contributed by atoms with Crippen molar-refractivity contribution in [3.63, 3.8) is 0 Å². The maximum absolute atomic E-state index is 12.5. The summed E-state index contributed by atoms with van der Waals surface area (Å²) in [6.45, 7) is 0.0605. The number of benzene rings is 1. The minimum Gasteiger partial charge on any atom is -0.477 e. The van der Waals surface area contributed by atoms with Gasteiger partial charge in [0.25, 0.3) is 16.8 Å². The van der Waals surface area contributed by atoms with Crippen LogP contribution in [0.25, 0.3) is 5.65 Å². The normalized spacial score (nSPS) is 11.0. The number of carbonyl (C=O) groups is 2. The summed E-state index contributed by atoms with van der Waals surface area (Å²) in [7, 11) is 0. The van der Waals surface area contributed by atoms with Crippen molar-refractivity contribution in [2.75, 3.05) is 11.1 Å². The van der Waals surface area contributed by atoms with E-state index in [4.69, 9.17) is 5.73 Å². The van der Waals surface area contributed by atoms with Gasteiger partial charge in [-0.1, -0.05) is 12.1 Å². The highest BCUT2D eigenvalue weighted by Gasteiger charge is 2.19. The van der Waals surface area contributed by atoms with Crippen molar-refractivity contribution < 1.29 is 14.7 Å². The van der Waals surface area contributed by atoms with Crippen molar-refractivity contribution in [1.29, 1.82) is 0 Å². The summed E-state index contributed by atoms with van der Waals surface area (Å²) < 4.78 is 0.848. The molecule has 12 heteroatoms. The van der Waals surface area contributed by atoms with E-state index in [0.29, 0.717) is 11.3 Å². The predicted octanol–water partition coefficient (Wildman–Crippen LogP) is -0.427. The smallest absolute Gasteiger partial charge is 0.353 e. The molecule has 0 saturated heterocycles. The fraction of sp³-hybridized carbons (Fsp3) is 0.0526. The second-order valence-electron chi connectivity index (χ2n) is 6.57. The van der Waals surface area contributed by atoms with Gasteiger partial charge < -0.3 is 26.5 Å². The number of anilines is 3. The van der Waals surface area contributed by atoms with Gasteiger partial charge in [0.2, 0.25) is 0 Å². The SMILES string of the molecule is Nc1c(Nc2cccc(CNC(=O)c3cc(C(=O)O)n4c(=O)[nH]cc4n3)c2)c(=O)c1=O. The number of aromatic amines is 1. The minimum atomic E-state index is -1.39. The van der Waals surface area contributed by atoms with E-state index in [1.807, 2.05) is 0 Å². The molecular formula is C19H14N6O6. The Balaban J connectivity index is 1.52. The lowest BCUT2D eigenvalue weighted by Gasteiger charge is -2.11. The number of rotatable bonds is 6. The standard InChI is InChI=1S/C19H14N6O6/c20-13-14(16(27)15(13)26)23-9-3-1-2-8(4-9)6-21-17(28)10-5-11(18(29)30)25-12(24-10)7-22-19(25)31/h1-5,7,23H,6,20H2,(H,21,28)(H,22,31)(H,29,30).